The van der Waals surface area contributed by atoms with Crippen LogP contribution in [0.2, 0.25) is 0 Å². The smallest absolute Gasteiger partial charge is 0.216 e. The molecule has 3 nitrogen and oxygen atoms in total. The zero-order valence-corrected chi connectivity index (χ0v) is 23.0. The minimum Gasteiger partial charge on any atom is -0.457 e. The van der Waals surface area contributed by atoms with Crippen LogP contribution in [0.5, 0.6) is 0 Å². The van der Waals surface area contributed by atoms with E-state index >= 15 is 0 Å². The molecule has 0 bridgehead atoms. The van der Waals surface area contributed by atoms with Crippen molar-refractivity contribution in [3.8, 4) is 33.5 Å². The first-order chi connectivity index (χ1) is 18.7. The molecule has 6 rings (SSSR count). The van der Waals surface area contributed by atoms with Crippen molar-refractivity contribution >= 4 is 27.6 Å². The van der Waals surface area contributed by atoms with Gasteiger partial charge >= 0.3 is 0 Å². The fourth-order valence-corrected chi connectivity index (χ4v) is 5.42. The second kappa shape index (κ2) is 9.26. The van der Waals surface area contributed by atoms with Crippen molar-refractivity contribution in [2.75, 3.05) is 0 Å². The summed E-state index contributed by atoms with van der Waals surface area (Å²) in [5, 5.41) is 1.85. The molecule has 0 radical (unpaired) electrons. The molecule has 0 saturated heterocycles. The summed E-state index contributed by atoms with van der Waals surface area (Å²) < 4.78 is 8.67. The number of hydrogen-bond acceptors (Lipinski definition) is 1. The Hall–Kier alpha value is -4.68. The molecule has 0 atom stereocenters. The van der Waals surface area contributed by atoms with Crippen LogP contribution in [-0.2, 0) is 12.5 Å². The maximum absolute atomic E-state index is 7.99. The van der Waals surface area contributed by atoms with E-state index in [4.69, 9.17) is 11.0 Å². The molecular formula is C36H31N2O+. The molecule has 0 amide bonds. The second-order valence-corrected chi connectivity index (χ2v) is 11.3. The summed E-state index contributed by atoms with van der Waals surface area (Å²) in [5.74, 6) is 0. The first-order valence-electron chi connectivity index (χ1n) is 13.3. The molecule has 0 fully saturated rings. The average molecular weight is 508 g/mol. The molecule has 0 unspecified atom stereocenters. The Kier molecular flexibility index (Phi) is 5.85. The number of pyridine rings is 1. The van der Waals surface area contributed by atoms with Crippen LogP contribution in [0.1, 0.15) is 31.9 Å². The third-order valence-corrected chi connectivity index (χ3v) is 7.64. The molecular weight excluding hydrogens is 476 g/mol. The molecule has 190 valence electrons. The molecule has 0 N–H and O–H groups in total. The summed E-state index contributed by atoms with van der Waals surface area (Å²) in [6.07, 6.45) is 2.04. The monoisotopic (exact) mass is 507 g/mol. The van der Waals surface area contributed by atoms with E-state index in [9.17, 15) is 0 Å². The molecule has 0 aliphatic carbocycles. The third-order valence-electron chi connectivity index (χ3n) is 7.64. The minimum absolute atomic E-state index is 0.102. The summed E-state index contributed by atoms with van der Waals surface area (Å²) in [6.45, 7) is 16.8. The third kappa shape index (κ3) is 4.29. The number of fused-ring (bicyclic) bond motifs is 3. The van der Waals surface area contributed by atoms with Gasteiger partial charge in [-0.2, -0.15) is 0 Å². The predicted molar refractivity (Wildman–Crippen MR) is 161 cm³/mol. The van der Waals surface area contributed by atoms with Crippen LogP contribution in [0.15, 0.2) is 102 Å². The van der Waals surface area contributed by atoms with E-state index in [2.05, 4.69) is 110 Å². The molecule has 2 aromatic heterocycles. The van der Waals surface area contributed by atoms with Crippen LogP contribution >= 0.6 is 0 Å². The van der Waals surface area contributed by atoms with Gasteiger partial charge in [-0.3, -0.25) is 0 Å². The fraction of sp³-hybridized carbons (Fsp3) is 0.167. The maximum Gasteiger partial charge on any atom is 0.216 e. The van der Waals surface area contributed by atoms with E-state index in [0.29, 0.717) is 5.69 Å². The van der Waals surface area contributed by atoms with Gasteiger partial charge in [0.15, 0.2) is 11.9 Å². The molecule has 0 spiro atoms. The van der Waals surface area contributed by atoms with Crippen LogP contribution in [0.25, 0.3) is 60.3 Å². The summed E-state index contributed by atoms with van der Waals surface area (Å²) >= 11 is 0. The van der Waals surface area contributed by atoms with Gasteiger partial charge in [-0.15, -0.1) is 0 Å². The quantitative estimate of drug-likeness (QED) is 0.173. The number of aromatic nitrogens is 1. The lowest BCUT2D eigenvalue weighted by molar-refractivity contribution is -0.660. The Morgan fingerprint density at radius 2 is 1.51 bits per heavy atom. The predicted octanol–water partition coefficient (Wildman–Crippen LogP) is 9.57. The van der Waals surface area contributed by atoms with Gasteiger partial charge in [0, 0.05) is 22.9 Å². The zero-order chi connectivity index (χ0) is 27.3. The average Bonchev–Trinajstić information content (AvgIpc) is 3.31. The zero-order valence-electron chi connectivity index (χ0n) is 23.0. The standard InChI is InChI=1S/C36H31N2O/c1-23-13-18-29-34-30(37-5)21-27(22-32(34)39-35(29)33(23)31-12-7-8-19-38(31)6)25-16-14-24(15-17-25)26-10-9-11-28(20-26)36(2,3)4/h7-22H,1-4,6H3/q+1. The number of rotatable bonds is 3. The molecule has 3 heteroatoms. The largest absolute Gasteiger partial charge is 0.457 e. The van der Waals surface area contributed by atoms with Gasteiger partial charge in [0.2, 0.25) is 5.69 Å². The highest BCUT2D eigenvalue weighted by atomic mass is 16.3. The summed E-state index contributed by atoms with van der Waals surface area (Å²) in [6, 6.07) is 31.8. The van der Waals surface area contributed by atoms with E-state index in [0.717, 1.165) is 49.9 Å². The molecule has 0 aliphatic heterocycles. The number of benzene rings is 4. The second-order valence-electron chi connectivity index (χ2n) is 11.3. The first kappa shape index (κ1) is 24.6. The Labute approximate surface area is 229 Å². The van der Waals surface area contributed by atoms with Crippen LogP contribution in [0.3, 0.4) is 0 Å². The Morgan fingerprint density at radius 3 is 2.21 bits per heavy atom. The van der Waals surface area contributed by atoms with Crippen LogP contribution < -0.4 is 4.57 Å². The van der Waals surface area contributed by atoms with E-state index in [1.807, 2.05) is 31.4 Å². The van der Waals surface area contributed by atoms with E-state index in [-0.39, 0.29) is 5.41 Å². The van der Waals surface area contributed by atoms with E-state index < -0.39 is 0 Å². The molecule has 2 heterocycles. The molecule has 4 aromatic carbocycles. The van der Waals surface area contributed by atoms with Gasteiger partial charge in [-0.05, 0) is 63.9 Å². The van der Waals surface area contributed by atoms with Gasteiger partial charge in [0.25, 0.3) is 0 Å². The molecule has 39 heavy (non-hydrogen) atoms. The fourth-order valence-electron chi connectivity index (χ4n) is 5.42. The molecule has 0 saturated carbocycles. The Balaban J connectivity index is 1.47. The van der Waals surface area contributed by atoms with Crippen molar-refractivity contribution in [3.05, 3.63) is 120 Å². The minimum atomic E-state index is 0.102. The number of aryl methyl sites for hydroxylation is 2. The molecule has 6 aromatic rings. The van der Waals surface area contributed by atoms with E-state index in [1.54, 1.807) is 0 Å². The lowest BCUT2D eigenvalue weighted by atomic mass is 9.85. The SMILES string of the molecule is [C-]#[N+]c1cc(-c2ccc(-c3cccc(C(C)(C)C)c3)cc2)cc2oc3c(-c4cccc[n+]4C)c(C)ccc3c12. The topological polar surface area (TPSA) is 21.4 Å². The highest BCUT2D eigenvalue weighted by molar-refractivity contribution is 6.16. The van der Waals surface area contributed by atoms with Crippen LogP contribution in [0.4, 0.5) is 5.69 Å². The first-order valence-corrected chi connectivity index (χ1v) is 13.3. The van der Waals surface area contributed by atoms with Crippen LogP contribution in [-0.4, -0.2) is 0 Å². The van der Waals surface area contributed by atoms with Crippen LogP contribution in [0, 0.1) is 13.5 Å². The van der Waals surface area contributed by atoms with Crippen molar-refractivity contribution < 1.29 is 8.98 Å². The normalized spacial score (nSPS) is 11.7. The number of hydrogen-bond donors (Lipinski definition) is 0. The van der Waals surface area contributed by atoms with Crippen molar-refractivity contribution in [2.45, 2.75) is 33.1 Å². The highest BCUT2D eigenvalue weighted by Gasteiger charge is 2.22. The van der Waals surface area contributed by atoms with Crippen molar-refractivity contribution in [1.82, 2.24) is 0 Å². The number of nitrogens with zero attached hydrogens (tertiary/aromatic N) is 2. The van der Waals surface area contributed by atoms with E-state index in [1.165, 1.54) is 16.7 Å². The Morgan fingerprint density at radius 1 is 0.769 bits per heavy atom. The summed E-state index contributed by atoms with van der Waals surface area (Å²) in [5.41, 5.74) is 11.3. The van der Waals surface area contributed by atoms with Gasteiger partial charge < -0.3 is 4.42 Å². The van der Waals surface area contributed by atoms with Gasteiger partial charge in [-0.1, -0.05) is 81.4 Å². The maximum atomic E-state index is 7.99. The lowest BCUT2D eigenvalue weighted by Gasteiger charge is -2.20. The van der Waals surface area contributed by atoms with Crippen molar-refractivity contribution in [3.63, 3.8) is 0 Å². The Bertz CT molecular complexity index is 1910. The molecule has 0 aliphatic rings. The summed E-state index contributed by atoms with van der Waals surface area (Å²) in [7, 11) is 2.04. The lowest BCUT2D eigenvalue weighted by Crippen LogP contribution is -2.30. The van der Waals surface area contributed by atoms with Gasteiger partial charge in [-0.25, -0.2) is 9.41 Å². The summed E-state index contributed by atoms with van der Waals surface area (Å²) in [4.78, 5) is 3.93. The van der Waals surface area contributed by atoms with Crippen molar-refractivity contribution in [1.29, 1.82) is 0 Å². The number of furan rings is 1. The van der Waals surface area contributed by atoms with Crippen molar-refractivity contribution in [2.24, 2.45) is 7.05 Å². The van der Waals surface area contributed by atoms with Gasteiger partial charge in [0.1, 0.15) is 18.2 Å². The highest BCUT2D eigenvalue weighted by Crippen LogP contribution is 2.43. The van der Waals surface area contributed by atoms with Gasteiger partial charge in [0.05, 0.1) is 12.1 Å².